The van der Waals surface area contributed by atoms with Gasteiger partial charge >= 0.3 is 5.97 Å². The molecule has 0 amide bonds. The summed E-state index contributed by atoms with van der Waals surface area (Å²) in [4.78, 5) is 11.0. The molecule has 0 bridgehead atoms. The predicted molar refractivity (Wildman–Crippen MR) is 121 cm³/mol. The van der Waals surface area contributed by atoms with E-state index in [-0.39, 0.29) is 17.9 Å². The molecule has 5 heteroatoms. The van der Waals surface area contributed by atoms with Crippen LogP contribution in [0.15, 0.2) is 66.7 Å². The fourth-order valence-electron chi connectivity index (χ4n) is 3.68. The van der Waals surface area contributed by atoms with Crippen molar-refractivity contribution in [2.75, 3.05) is 7.11 Å². The second kappa shape index (κ2) is 9.85. The number of phenols is 2. The molecule has 0 unspecified atom stereocenters. The van der Waals surface area contributed by atoms with Crippen molar-refractivity contribution in [3.05, 3.63) is 89.0 Å². The Balaban J connectivity index is 2.18. The quantitative estimate of drug-likeness (QED) is 0.421. The summed E-state index contributed by atoms with van der Waals surface area (Å²) in [5.74, 6) is 0.190. The van der Waals surface area contributed by atoms with Crippen molar-refractivity contribution in [1.29, 1.82) is 0 Å². The van der Waals surface area contributed by atoms with E-state index in [1.54, 1.807) is 31.4 Å². The van der Waals surface area contributed by atoms with Crippen molar-refractivity contribution in [3.8, 4) is 17.2 Å². The number of aromatic hydroxyl groups is 2. The van der Waals surface area contributed by atoms with Crippen LogP contribution in [0.2, 0.25) is 0 Å². The zero-order chi connectivity index (χ0) is 22.4. The summed E-state index contributed by atoms with van der Waals surface area (Å²) in [7, 11) is 1.58. The van der Waals surface area contributed by atoms with Gasteiger partial charge in [0.1, 0.15) is 17.2 Å². The lowest BCUT2D eigenvalue weighted by Gasteiger charge is -2.18. The monoisotopic (exact) mass is 418 g/mol. The van der Waals surface area contributed by atoms with Gasteiger partial charge in [-0.2, -0.15) is 0 Å². The summed E-state index contributed by atoms with van der Waals surface area (Å²) in [6.07, 6.45) is 1.17. The van der Waals surface area contributed by atoms with Crippen LogP contribution in [0.25, 0.3) is 11.1 Å². The topological polar surface area (TPSA) is 87.0 Å². The van der Waals surface area contributed by atoms with E-state index in [1.165, 1.54) is 0 Å². The Bertz CT molecular complexity index is 1030. The first-order valence-corrected chi connectivity index (χ1v) is 10.1. The van der Waals surface area contributed by atoms with Crippen LogP contribution < -0.4 is 4.74 Å². The Kier molecular flexibility index (Phi) is 6.98. The third-order valence-corrected chi connectivity index (χ3v) is 5.21. The number of aliphatic carboxylic acids is 1. The lowest BCUT2D eigenvalue weighted by molar-refractivity contribution is -0.136. The first kappa shape index (κ1) is 22.0. The van der Waals surface area contributed by atoms with Crippen molar-refractivity contribution in [2.24, 2.45) is 0 Å². The molecule has 0 aromatic heterocycles. The average molecular weight is 418 g/mol. The van der Waals surface area contributed by atoms with E-state index >= 15 is 0 Å². The summed E-state index contributed by atoms with van der Waals surface area (Å²) >= 11 is 0. The van der Waals surface area contributed by atoms with Gasteiger partial charge in [0.15, 0.2) is 0 Å². The van der Waals surface area contributed by atoms with Crippen LogP contribution in [0.5, 0.6) is 17.2 Å². The lowest BCUT2D eigenvalue weighted by Crippen LogP contribution is -2.01. The number of methoxy groups -OCH3 is 1. The highest BCUT2D eigenvalue weighted by molar-refractivity contribution is 5.98. The van der Waals surface area contributed by atoms with Crippen molar-refractivity contribution in [3.63, 3.8) is 0 Å². The van der Waals surface area contributed by atoms with Crippen LogP contribution in [-0.2, 0) is 11.2 Å². The number of ether oxygens (including phenoxy) is 1. The Morgan fingerprint density at radius 1 is 0.839 bits per heavy atom. The molecule has 3 rings (SSSR count). The molecule has 0 aliphatic rings. The van der Waals surface area contributed by atoms with E-state index in [9.17, 15) is 15.0 Å². The van der Waals surface area contributed by atoms with Crippen molar-refractivity contribution in [2.45, 2.75) is 26.2 Å². The normalized spacial score (nSPS) is 10.5. The van der Waals surface area contributed by atoms with Gasteiger partial charge in [0.25, 0.3) is 0 Å². The summed E-state index contributed by atoms with van der Waals surface area (Å²) in [5, 5.41) is 28.5. The third-order valence-electron chi connectivity index (χ3n) is 5.21. The van der Waals surface area contributed by atoms with E-state index in [4.69, 9.17) is 9.84 Å². The largest absolute Gasteiger partial charge is 0.508 e. The standard InChI is InChI=1S/C26H26O5/c1-3-23(20-5-4-17(10-15-25(29)30)24(16-20)31-2)26(18-6-11-21(27)12-7-18)19-8-13-22(28)14-9-19/h4-9,11-14,16,27-28H,3,10,15H2,1-2H3,(H,29,30). The molecule has 0 radical (unpaired) electrons. The SMILES string of the molecule is CCC(=C(c1ccc(O)cc1)c1ccc(O)cc1)c1ccc(CCC(=O)O)c(OC)c1. The van der Waals surface area contributed by atoms with Gasteiger partial charge in [-0.1, -0.05) is 43.3 Å². The minimum absolute atomic E-state index is 0.0401. The Labute approximate surface area is 181 Å². The van der Waals surface area contributed by atoms with Crippen LogP contribution in [0.3, 0.4) is 0 Å². The highest BCUT2D eigenvalue weighted by Crippen LogP contribution is 2.37. The summed E-state index contributed by atoms with van der Waals surface area (Å²) < 4.78 is 5.55. The van der Waals surface area contributed by atoms with Gasteiger partial charge in [-0.15, -0.1) is 0 Å². The number of rotatable bonds is 8. The number of carbonyl (C=O) groups is 1. The minimum atomic E-state index is -0.845. The second-order valence-electron chi connectivity index (χ2n) is 7.22. The van der Waals surface area contributed by atoms with Gasteiger partial charge in [0, 0.05) is 6.42 Å². The second-order valence-corrected chi connectivity index (χ2v) is 7.22. The first-order valence-electron chi connectivity index (χ1n) is 10.1. The van der Waals surface area contributed by atoms with Crippen LogP contribution in [-0.4, -0.2) is 28.4 Å². The highest BCUT2D eigenvalue weighted by Gasteiger charge is 2.15. The molecule has 0 heterocycles. The fraction of sp³-hybridized carbons (Fsp3) is 0.192. The van der Waals surface area contributed by atoms with E-state index in [0.29, 0.717) is 12.2 Å². The molecule has 5 nitrogen and oxygen atoms in total. The molecule has 3 aromatic carbocycles. The maximum absolute atomic E-state index is 11.0. The molecule has 0 aliphatic heterocycles. The maximum Gasteiger partial charge on any atom is 0.303 e. The molecule has 160 valence electrons. The fourth-order valence-corrected chi connectivity index (χ4v) is 3.68. The van der Waals surface area contributed by atoms with Crippen LogP contribution >= 0.6 is 0 Å². The van der Waals surface area contributed by atoms with Crippen molar-refractivity contribution >= 4 is 17.1 Å². The summed E-state index contributed by atoms with van der Waals surface area (Å²) in [6.45, 7) is 2.07. The van der Waals surface area contributed by atoms with Gasteiger partial charge in [-0.25, -0.2) is 0 Å². The summed E-state index contributed by atoms with van der Waals surface area (Å²) in [5.41, 5.74) is 5.75. The molecule has 3 N–H and O–H groups in total. The number of carboxylic acid groups (broad SMARTS) is 1. The lowest BCUT2D eigenvalue weighted by atomic mass is 9.87. The molecule has 0 saturated heterocycles. The van der Waals surface area contributed by atoms with E-state index in [1.807, 2.05) is 42.5 Å². The molecule has 0 fully saturated rings. The van der Waals surface area contributed by atoms with Crippen molar-refractivity contribution < 1.29 is 24.9 Å². The molecular formula is C26H26O5. The molecule has 0 aliphatic carbocycles. The maximum atomic E-state index is 11.0. The zero-order valence-corrected chi connectivity index (χ0v) is 17.6. The molecule has 3 aromatic rings. The number of benzene rings is 3. The molecule has 0 spiro atoms. The van der Waals surface area contributed by atoms with Gasteiger partial charge in [-0.05, 0) is 76.6 Å². The number of phenolic OH excluding ortho intramolecular Hbond substituents is 2. The number of hydrogen-bond acceptors (Lipinski definition) is 4. The Morgan fingerprint density at radius 2 is 1.35 bits per heavy atom. The number of hydrogen-bond donors (Lipinski definition) is 3. The van der Waals surface area contributed by atoms with Gasteiger partial charge < -0.3 is 20.1 Å². The van der Waals surface area contributed by atoms with Gasteiger partial charge in [0.2, 0.25) is 0 Å². The van der Waals surface area contributed by atoms with Crippen LogP contribution in [0.1, 0.15) is 42.0 Å². The van der Waals surface area contributed by atoms with Gasteiger partial charge in [0.05, 0.1) is 7.11 Å². The van der Waals surface area contributed by atoms with Gasteiger partial charge in [-0.3, -0.25) is 4.79 Å². The summed E-state index contributed by atoms with van der Waals surface area (Å²) in [6, 6.07) is 19.9. The Hall–Kier alpha value is -3.73. The highest BCUT2D eigenvalue weighted by atomic mass is 16.5. The first-order chi connectivity index (χ1) is 14.9. The third kappa shape index (κ3) is 5.25. The Morgan fingerprint density at radius 3 is 1.81 bits per heavy atom. The van der Waals surface area contributed by atoms with Crippen LogP contribution in [0.4, 0.5) is 0 Å². The smallest absolute Gasteiger partial charge is 0.303 e. The number of allylic oxidation sites excluding steroid dienone is 1. The van der Waals surface area contributed by atoms with Crippen LogP contribution in [0, 0.1) is 0 Å². The van der Waals surface area contributed by atoms with E-state index in [2.05, 4.69) is 6.92 Å². The molecule has 0 atom stereocenters. The van der Waals surface area contributed by atoms with E-state index in [0.717, 1.165) is 39.8 Å². The average Bonchev–Trinajstić information content (AvgIpc) is 2.77. The minimum Gasteiger partial charge on any atom is -0.508 e. The molecule has 31 heavy (non-hydrogen) atoms. The number of aryl methyl sites for hydroxylation is 1. The number of carboxylic acids is 1. The van der Waals surface area contributed by atoms with E-state index < -0.39 is 5.97 Å². The predicted octanol–water partition coefficient (Wildman–Crippen LogP) is 5.49. The zero-order valence-electron chi connectivity index (χ0n) is 17.6. The van der Waals surface area contributed by atoms with Crippen molar-refractivity contribution in [1.82, 2.24) is 0 Å². The molecule has 0 saturated carbocycles. The molecular weight excluding hydrogens is 392 g/mol.